The Morgan fingerprint density at radius 2 is 2.62 bits per heavy atom. The van der Waals surface area contributed by atoms with E-state index < -0.39 is 0 Å². The first kappa shape index (κ1) is 6.86. The zero-order valence-electron chi connectivity index (χ0n) is 4.26. The highest BCUT2D eigenvalue weighted by molar-refractivity contribution is 8.14. The first-order valence-electron chi connectivity index (χ1n) is 2.38. The third kappa shape index (κ3) is 1.62. The van der Waals surface area contributed by atoms with Crippen LogP contribution in [0.5, 0.6) is 0 Å². The summed E-state index contributed by atoms with van der Waals surface area (Å²) in [7, 11) is 0. The SMILES string of the molecule is S=C(S)C1NCCS1. The Morgan fingerprint density at radius 1 is 1.88 bits per heavy atom. The number of nitrogens with one attached hydrogen (secondary N) is 1. The van der Waals surface area contributed by atoms with Crippen molar-refractivity contribution in [1.29, 1.82) is 0 Å². The van der Waals surface area contributed by atoms with Gasteiger partial charge in [0.2, 0.25) is 0 Å². The van der Waals surface area contributed by atoms with Crippen LogP contribution in [0, 0.1) is 0 Å². The maximum Gasteiger partial charge on any atom is 0.0950 e. The Bertz CT molecular complexity index is 97.5. The van der Waals surface area contributed by atoms with Gasteiger partial charge in [-0.05, 0) is 0 Å². The number of hydrogen-bond acceptors (Lipinski definition) is 3. The van der Waals surface area contributed by atoms with Crippen LogP contribution in [-0.2, 0) is 0 Å². The molecule has 0 aromatic carbocycles. The lowest BCUT2D eigenvalue weighted by atomic mass is 10.7. The molecular formula is C4H7NS3. The molecule has 0 saturated carbocycles. The molecule has 0 spiro atoms. The maximum absolute atomic E-state index is 4.84. The van der Waals surface area contributed by atoms with Crippen LogP contribution >= 0.6 is 36.6 Å². The van der Waals surface area contributed by atoms with Crippen LogP contribution in [0.25, 0.3) is 0 Å². The molecule has 0 amide bonds. The average Bonchev–Trinajstić information content (AvgIpc) is 2.12. The third-order valence-electron chi connectivity index (χ3n) is 0.941. The predicted octanol–water partition coefficient (Wildman–Crippen LogP) is 0.906. The normalized spacial score (nSPS) is 28.4. The first-order chi connectivity index (χ1) is 3.80. The van der Waals surface area contributed by atoms with Crippen molar-refractivity contribution < 1.29 is 0 Å². The average molecular weight is 165 g/mol. The summed E-state index contributed by atoms with van der Waals surface area (Å²) in [6.45, 7) is 1.07. The van der Waals surface area contributed by atoms with Crippen molar-refractivity contribution in [3.8, 4) is 0 Å². The van der Waals surface area contributed by atoms with Crippen LogP contribution in [-0.4, -0.2) is 21.9 Å². The first-order valence-corrected chi connectivity index (χ1v) is 4.29. The molecule has 8 heavy (non-hydrogen) atoms. The second-order valence-corrected chi connectivity index (χ2v) is 3.98. The fourth-order valence-electron chi connectivity index (χ4n) is 0.584. The van der Waals surface area contributed by atoms with E-state index in [9.17, 15) is 0 Å². The van der Waals surface area contributed by atoms with Crippen LogP contribution in [0.3, 0.4) is 0 Å². The summed E-state index contributed by atoms with van der Waals surface area (Å²) in [5.41, 5.74) is 0. The van der Waals surface area contributed by atoms with Gasteiger partial charge in [-0.25, -0.2) is 0 Å². The van der Waals surface area contributed by atoms with Gasteiger partial charge in [-0.3, -0.25) is 5.32 Å². The van der Waals surface area contributed by atoms with Gasteiger partial charge in [0.1, 0.15) is 0 Å². The van der Waals surface area contributed by atoms with Gasteiger partial charge < -0.3 is 0 Å². The lowest BCUT2D eigenvalue weighted by Gasteiger charge is -2.03. The van der Waals surface area contributed by atoms with Crippen LogP contribution in [0.1, 0.15) is 0 Å². The topological polar surface area (TPSA) is 12.0 Å². The molecule has 1 nitrogen and oxygen atoms in total. The molecule has 0 aromatic heterocycles. The molecule has 0 bridgehead atoms. The highest BCUT2D eigenvalue weighted by Crippen LogP contribution is 2.16. The maximum atomic E-state index is 4.84. The van der Waals surface area contributed by atoms with E-state index in [0.717, 1.165) is 16.5 Å². The van der Waals surface area contributed by atoms with Gasteiger partial charge in [-0.15, -0.1) is 24.4 Å². The summed E-state index contributed by atoms with van der Waals surface area (Å²) in [5.74, 6) is 1.16. The number of hydrogen-bond donors (Lipinski definition) is 2. The summed E-state index contributed by atoms with van der Waals surface area (Å²) in [4.78, 5) is 0. The molecule has 1 atom stereocenters. The standard InChI is InChI=1S/C4H7NS3/c6-4(7)3-5-1-2-8-3/h3,5H,1-2H2,(H,6,7). The molecule has 1 rings (SSSR count). The van der Waals surface area contributed by atoms with Gasteiger partial charge in [0.05, 0.1) is 9.57 Å². The van der Waals surface area contributed by atoms with Crippen molar-refractivity contribution in [3.63, 3.8) is 0 Å². The van der Waals surface area contributed by atoms with Gasteiger partial charge in [0.15, 0.2) is 0 Å². The van der Waals surface area contributed by atoms with E-state index in [1.807, 2.05) is 11.8 Å². The highest BCUT2D eigenvalue weighted by Gasteiger charge is 2.15. The van der Waals surface area contributed by atoms with Crippen LogP contribution in [0.2, 0.25) is 0 Å². The van der Waals surface area contributed by atoms with Gasteiger partial charge in [0, 0.05) is 12.3 Å². The summed E-state index contributed by atoms with van der Waals surface area (Å²) >= 11 is 10.7. The molecular weight excluding hydrogens is 158 g/mol. The van der Waals surface area contributed by atoms with Crippen LogP contribution in [0.4, 0.5) is 0 Å². The van der Waals surface area contributed by atoms with E-state index in [-0.39, 0.29) is 0 Å². The van der Waals surface area contributed by atoms with Crippen molar-refractivity contribution in [3.05, 3.63) is 0 Å². The van der Waals surface area contributed by atoms with Crippen molar-refractivity contribution >= 4 is 40.8 Å². The largest absolute Gasteiger partial charge is 0.300 e. The van der Waals surface area contributed by atoms with Crippen molar-refractivity contribution in [2.75, 3.05) is 12.3 Å². The molecule has 1 aliphatic rings. The van der Waals surface area contributed by atoms with E-state index in [1.165, 1.54) is 0 Å². The Kier molecular flexibility index (Phi) is 2.62. The molecule has 1 heterocycles. The van der Waals surface area contributed by atoms with Crippen molar-refractivity contribution in [2.24, 2.45) is 0 Å². The van der Waals surface area contributed by atoms with Crippen LogP contribution < -0.4 is 5.32 Å². The molecule has 4 heteroatoms. The monoisotopic (exact) mass is 165 g/mol. The van der Waals surface area contributed by atoms with Gasteiger partial charge >= 0.3 is 0 Å². The molecule has 1 saturated heterocycles. The fourth-order valence-corrected chi connectivity index (χ4v) is 2.04. The molecule has 1 unspecified atom stereocenters. The van der Waals surface area contributed by atoms with E-state index in [1.54, 1.807) is 0 Å². The number of thiocarbonyl (C=S) groups is 1. The Hall–Kier alpha value is 0.750. The minimum atomic E-state index is 0.327. The highest BCUT2D eigenvalue weighted by atomic mass is 32.2. The van der Waals surface area contributed by atoms with E-state index in [4.69, 9.17) is 12.2 Å². The van der Waals surface area contributed by atoms with Gasteiger partial charge in [-0.1, -0.05) is 12.2 Å². The molecule has 1 fully saturated rings. The van der Waals surface area contributed by atoms with Crippen LogP contribution in [0.15, 0.2) is 0 Å². The van der Waals surface area contributed by atoms with Crippen molar-refractivity contribution in [2.45, 2.75) is 5.37 Å². The minimum absolute atomic E-state index is 0.327. The van der Waals surface area contributed by atoms with E-state index >= 15 is 0 Å². The van der Waals surface area contributed by atoms with Crippen molar-refractivity contribution in [1.82, 2.24) is 5.32 Å². The molecule has 46 valence electrons. The molecule has 1 N–H and O–H groups in total. The zero-order chi connectivity index (χ0) is 5.98. The summed E-state index contributed by atoms with van der Waals surface area (Å²) in [6, 6.07) is 0. The van der Waals surface area contributed by atoms with Gasteiger partial charge in [-0.2, -0.15) is 0 Å². The lowest BCUT2D eigenvalue weighted by molar-refractivity contribution is 0.837. The molecule has 0 radical (unpaired) electrons. The number of rotatable bonds is 1. The van der Waals surface area contributed by atoms with E-state index in [2.05, 4.69) is 17.9 Å². The third-order valence-corrected chi connectivity index (χ3v) is 2.93. The van der Waals surface area contributed by atoms with Gasteiger partial charge in [0.25, 0.3) is 0 Å². The lowest BCUT2D eigenvalue weighted by Crippen LogP contribution is -2.23. The Morgan fingerprint density at radius 3 is 2.88 bits per heavy atom. The fraction of sp³-hybridized carbons (Fsp3) is 0.750. The van der Waals surface area contributed by atoms with E-state index in [0.29, 0.717) is 5.37 Å². The zero-order valence-corrected chi connectivity index (χ0v) is 6.78. The quantitative estimate of drug-likeness (QED) is 0.443. The number of thioether (sulfide) groups is 1. The second-order valence-electron chi connectivity index (χ2n) is 1.54. The predicted molar refractivity (Wildman–Crippen MR) is 45.8 cm³/mol. The minimum Gasteiger partial charge on any atom is -0.300 e. The second kappa shape index (κ2) is 3.06. The summed E-state index contributed by atoms with van der Waals surface area (Å²) < 4.78 is 0.771. The molecule has 0 aliphatic carbocycles. The smallest absolute Gasteiger partial charge is 0.0950 e. The Balaban J connectivity index is 2.35. The molecule has 0 aromatic rings. The number of thiol groups is 1. The molecule has 1 aliphatic heterocycles. The summed E-state index contributed by atoms with van der Waals surface area (Å²) in [5, 5.41) is 3.53. The Labute approximate surface area is 64.0 Å². The summed E-state index contributed by atoms with van der Waals surface area (Å²) in [6.07, 6.45) is 0.